The Hall–Kier alpha value is -3.54. The first-order valence-corrected chi connectivity index (χ1v) is 14.4. The van der Waals surface area contributed by atoms with Crippen molar-refractivity contribution in [2.24, 2.45) is 5.14 Å². The van der Waals surface area contributed by atoms with E-state index in [9.17, 15) is 13.2 Å². The maximum Gasteiger partial charge on any atom is 0.357 e. The zero-order valence-electron chi connectivity index (χ0n) is 20.2. The van der Waals surface area contributed by atoms with Gasteiger partial charge in [0.15, 0.2) is 11.4 Å². The van der Waals surface area contributed by atoms with Crippen molar-refractivity contribution in [1.29, 1.82) is 0 Å². The van der Waals surface area contributed by atoms with Gasteiger partial charge in [-0.3, -0.25) is 0 Å². The van der Waals surface area contributed by atoms with Gasteiger partial charge in [-0.2, -0.15) is 5.10 Å². The van der Waals surface area contributed by atoms with Crippen LogP contribution >= 0.6 is 11.3 Å². The highest BCUT2D eigenvalue weighted by atomic mass is 32.2. The van der Waals surface area contributed by atoms with Gasteiger partial charge in [0.25, 0.3) is 0 Å². The minimum absolute atomic E-state index is 0.00382. The molecule has 1 aliphatic rings. The highest BCUT2D eigenvalue weighted by Crippen LogP contribution is 2.46. The molecule has 0 radical (unpaired) electrons. The predicted octanol–water partition coefficient (Wildman–Crippen LogP) is 5.27. The Morgan fingerprint density at radius 3 is 2.46 bits per heavy atom. The lowest BCUT2D eigenvalue weighted by molar-refractivity contribution is 0.0520. The molecule has 0 atom stereocenters. The standard InChI is InChI=1S/C26H26N4O5S2/c1-2-34-25(31)21-16-36-26(28-21)30-23(18-10-6-7-11-18)24(22(29-30)17-8-4-3-5-9-17)35-19-12-14-20(15-13-19)37(27,32)33/h3-5,8-9,12-16,18H,2,6-7,10-11H2,1H3,(H2,27,32,33). The first-order chi connectivity index (χ1) is 17.8. The van der Waals surface area contributed by atoms with E-state index >= 15 is 0 Å². The highest BCUT2D eigenvalue weighted by Gasteiger charge is 2.31. The summed E-state index contributed by atoms with van der Waals surface area (Å²) in [6, 6.07) is 15.7. The van der Waals surface area contributed by atoms with Crippen LogP contribution in [-0.2, 0) is 14.8 Å². The van der Waals surface area contributed by atoms with Crippen molar-refractivity contribution >= 4 is 27.3 Å². The van der Waals surface area contributed by atoms with Gasteiger partial charge in [0.1, 0.15) is 11.4 Å². The molecule has 2 aromatic carbocycles. The monoisotopic (exact) mass is 538 g/mol. The van der Waals surface area contributed by atoms with Crippen LogP contribution in [0, 0.1) is 0 Å². The molecule has 2 heterocycles. The number of hydrogen-bond donors (Lipinski definition) is 1. The molecule has 0 aliphatic heterocycles. The molecule has 1 saturated carbocycles. The summed E-state index contributed by atoms with van der Waals surface area (Å²) in [6.07, 6.45) is 4.11. The summed E-state index contributed by atoms with van der Waals surface area (Å²) < 4.78 is 36.7. The molecule has 1 fully saturated rings. The largest absolute Gasteiger partial charge is 0.461 e. The van der Waals surface area contributed by atoms with E-state index in [0.717, 1.165) is 36.9 Å². The quantitative estimate of drug-likeness (QED) is 0.303. The number of aromatic nitrogens is 3. The van der Waals surface area contributed by atoms with E-state index < -0.39 is 16.0 Å². The van der Waals surface area contributed by atoms with E-state index in [4.69, 9.17) is 19.7 Å². The van der Waals surface area contributed by atoms with E-state index in [1.807, 2.05) is 30.3 Å². The zero-order valence-corrected chi connectivity index (χ0v) is 21.8. The Kier molecular flexibility index (Phi) is 7.09. The van der Waals surface area contributed by atoms with Crippen LogP contribution in [0.25, 0.3) is 16.4 Å². The average Bonchev–Trinajstić information content (AvgIpc) is 3.64. The second kappa shape index (κ2) is 10.4. The molecule has 9 nitrogen and oxygen atoms in total. The minimum Gasteiger partial charge on any atom is -0.461 e. The third-order valence-corrected chi connectivity index (χ3v) is 7.94. The Morgan fingerprint density at radius 1 is 1.11 bits per heavy atom. The lowest BCUT2D eigenvalue weighted by atomic mass is 10.0. The number of nitrogens with two attached hydrogens (primary N) is 1. The summed E-state index contributed by atoms with van der Waals surface area (Å²) in [5.74, 6) is 0.733. The van der Waals surface area contributed by atoms with Crippen LogP contribution < -0.4 is 9.88 Å². The van der Waals surface area contributed by atoms with Crippen molar-refractivity contribution in [3.8, 4) is 27.9 Å². The van der Waals surface area contributed by atoms with E-state index in [2.05, 4.69) is 4.98 Å². The lowest BCUT2D eigenvalue weighted by Crippen LogP contribution is -2.11. The van der Waals surface area contributed by atoms with Gasteiger partial charge in [0, 0.05) is 16.9 Å². The third kappa shape index (κ3) is 5.29. The summed E-state index contributed by atoms with van der Waals surface area (Å²) in [6.45, 7) is 2.02. The maximum atomic E-state index is 12.3. The Bertz CT molecular complexity index is 1510. The van der Waals surface area contributed by atoms with Crippen molar-refractivity contribution in [2.75, 3.05) is 6.61 Å². The number of sulfonamides is 1. The van der Waals surface area contributed by atoms with E-state index in [1.165, 1.54) is 23.5 Å². The van der Waals surface area contributed by atoms with Crippen molar-refractivity contribution in [2.45, 2.75) is 43.4 Å². The van der Waals surface area contributed by atoms with Gasteiger partial charge in [-0.1, -0.05) is 43.2 Å². The smallest absolute Gasteiger partial charge is 0.357 e. The third-order valence-electron chi connectivity index (χ3n) is 6.19. The molecule has 2 N–H and O–H groups in total. The molecule has 11 heteroatoms. The number of carbonyl (C=O) groups is 1. The SMILES string of the molecule is CCOC(=O)c1csc(-n2nc(-c3ccccc3)c(Oc3ccc(S(N)(=O)=O)cc3)c2C2CCCC2)n1. The summed E-state index contributed by atoms with van der Waals surface area (Å²) in [4.78, 5) is 16.8. The Morgan fingerprint density at radius 2 is 1.81 bits per heavy atom. The number of carbonyl (C=O) groups excluding carboxylic acids is 1. The van der Waals surface area contributed by atoms with Gasteiger partial charge in [0.2, 0.25) is 15.2 Å². The molecular weight excluding hydrogens is 512 g/mol. The fourth-order valence-electron chi connectivity index (χ4n) is 4.48. The van der Waals surface area contributed by atoms with Crippen LogP contribution in [0.4, 0.5) is 0 Å². The Balaban J connectivity index is 1.65. The molecular formula is C26H26N4O5S2. The summed E-state index contributed by atoms with van der Waals surface area (Å²) in [5.41, 5.74) is 2.60. The molecule has 2 aromatic heterocycles. The van der Waals surface area contributed by atoms with Crippen LogP contribution in [0.5, 0.6) is 11.5 Å². The number of rotatable bonds is 8. The fraction of sp³-hybridized carbons (Fsp3) is 0.269. The number of primary sulfonamides is 1. The topological polar surface area (TPSA) is 126 Å². The molecule has 0 amide bonds. The van der Waals surface area contributed by atoms with Gasteiger partial charge in [0.05, 0.1) is 17.2 Å². The van der Waals surface area contributed by atoms with Gasteiger partial charge in [-0.15, -0.1) is 11.3 Å². The first kappa shape index (κ1) is 25.1. The number of benzene rings is 2. The van der Waals surface area contributed by atoms with E-state index in [0.29, 0.717) is 22.3 Å². The molecule has 0 unspecified atom stereocenters. The number of nitrogens with zero attached hydrogens (tertiary/aromatic N) is 3. The predicted molar refractivity (Wildman–Crippen MR) is 140 cm³/mol. The molecule has 0 bridgehead atoms. The van der Waals surface area contributed by atoms with Crippen LogP contribution in [-0.4, -0.2) is 35.8 Å². The normalized spacial score (nSPS) is 14.1. The van der Waals surface area contributed by atoms with Gasteiger partial charge >= 0.3 is 5.97 Å². The second-order valence-corrected chi connectivity index (χ2v) is 11.1. The molecule has 0 spiro atoms. The fourth-order valence-corrected chi connectivity index (χ4v) is 5.75. The highest BCUT2D eigenvalue weighted by molar-refractivity contribution is 7.89. The number of hydrogen-bond acceptors (Lipinski definition) is 8. The van der Waals surface area contributed by atoms with E-state index in [-0.39, 0.29) is 23.1 Å². The first-order valence-electron chi connectivity index (χ1n) is 12.0. The molecule has 4 aromatic rings. The summed E-state index contributed by atoms with van der Waals surface area (Å²) in [7, 11) is -3.82. The van der Waals surface area contributed by atoms with Crippen molar-refractivity contribution < 1.29 is 22.7 Å². The second-order valence-electron chi connectivity index (χ2n) is 8.68. The van der Waals surface area contributed by atoms with Crippen molar-refractivity contribution in [1.82, 2.24) is 14.8 Å². The number of thiazole rings is 1. The van der Waals surface area contributed by atoms with Crippen LogP contribution in [0.15, 0.2) is 64.9 Å². The average molecular weight is 539 g/mol. The summed E-state index contributed by atoms with van der Waals surface area (Å²) >= 11 is 1.31. The summed E-state index contributed by atoms with van der Waals surface area (Å²) in [5, 5.41) is 12.4. The number of ether oxygens (including phenoxy) is 2. The van der Waals surface area contributed by atoms with Gasteiger partial charge in [-0.25, -0.2) is 28.0 Å². The molecule has 1 aliphatic carbocycles. The lowest BCUT2D eigenvalue weighted by Gasteiger charge is -2.15. The maximum absolute atomic E-state index is 12.3. The molecule has 0 saturated heterocycles. The van der Waals surface area contributed by atoms with Crippen LogP contribution in [0.3, 0.4) is 0 Å². The van der Waals surface area contributed by atoms with Crippen molar-refractivity contribution in [3.05, 3.63) is 71.4 Å². The van der Waals surface area contributed by atoms with Crippen LogP contribution in [0.1, 0.15) is 54.7 Å². The molecule has 5 rings (SSSR count). The number of esters is 1. The van der Waals surface area contributed by atoms with Gasteiger partial charge in [-0.05, 0) is 44.0 Å². The minimum atomic E-state index is -3.82. The molecule has 192 valence electrons. The Labute approximate surface area is 218 Å². The van der Waals surface area contributed by atoms with Crippen LogP contribution in [0.2, 0.25) is 0 Å². The van der Waals surface area contributed by atoms with Gasteiger partial charge < -0.3 is 9.47 Å². The van der Waals surface area contributed by atoms with E-state index in [1.54, 1.807) is 29.1 Å². The zero-order chi connectivity index (χ0) is 26.0. The van der Waals surface area contributed by atoms with Crippen molar-refractivity contribution in [3.63, 3.8) is 0 Å². The molecule has 37 heavy (non-hydrogen) atoms.